The maximum absolute atomic E-state index is 13.8. The highest BCUT2D eigenvalue weighted by molar-refractivity contribution is 5.85. The molecule has 6 rings (SSSR count). The number of ether oxygens (including phenoxy) is 1. The summed E-state index contributed by atoms with van der Waals surface area (Å²) in [5.74, 6) is 1.70. The fourth-order valence-corrected chi connectivity index (χ4v) is 4.51. The van der Waals surface area contributed by atoms with Crippen molar-refractivity contribution in [1.82, 2.24) is 15.0 Å². The Morgan fingerprint density at radius 2 is 1.60 bits per heavy atom. The molecule has 2 aliphatic heterocycles. The van der Waals surface area contributed by atoms with Gasteiger partial charge in [0.2, 0.25) is 0 Å². The molecule has 0 saturated carbocycles. The Morgan fingerprint density at radius 3 is 2.37 bits per heavy atom. The van der Waals surface area contributed by atoms with Crippen LogP contribution in [0, 0.1) is 5.82 Å². The summed E-state index contributed by atoms with van der Waals surface area (Å²) >= 11 is 0. The molecule has 4 aromatic rings. The molecule has 0 unspecified atom stereocenters. The van der Waals surface area contributed by atoms with E-state index in [1.54, 1.807) is 6.07 Å². The lowest BCUT2D eigenvalue weighted by atomic mass is 10.0. The summed E-state index contributed by atoms with van der Waals surface area (Å²) in [6, 6.07) is 13.1. The van der Waals surface area contributed by atoms with Gasteiger partial charge in [-0.1, -0.05) is 0 Å². The van der Waals surface area contributed by atoms with Gasteiger partial charge in [-0.15, -0.1) is 0 Å². The lowest BCUT2D eigenvalue weighted by Crippen LogP contribution is -2.36. The number of aromatic nitrogens is 3. The standard InChI is InChI=1S/C23H22FN5O/c24-15-1-2-18-16(13-15)17-14-29(8-7-19(17)25-18)23-6-4-20-21(27-23)3-5-22(26-20)28-9-11-30-12-10-28/h1-6,13,25H,7-12,14H2. The highest BCUT2D eigenvalue weighted by Crippen LogP contribution is 2.31. The Morgan fingerprint density at radius 1 is 0.867 bits per heavy atom. The Labute approximate surface area is 173 Å². The van der Waals surface area contributed by atoms with Gasteiger partial charge < -0.3 is 19.5 Å². The molecule has 3 aromatic heterocycles. The third-order valence-corrected chi connectivity index (χ3v) is 6.11. The van der Waals surface area contributed by atoms with Gasteiger partial charge in [0.05, 0.1) is 24.2 Å². The minimum absolute atomic E-state index is 0.201. The van der Waals surface area contributed by atoms with E-state index >= 15 is 0 Å². The molecular formula is C23H22FN5O. The minimum Gasteiger partial charge on any atom is -0.378 e. The van der Waals surface area contributed by atoms with E-state index in [-0.39, 0.29) is 5.82 Å². The van der Waals surface area contributed by atoms with E-state index in [0.29, 0.717) is 0 Å². The summed E-state index contributed by atoms with van der Waals surface area (Å²) in [5.41, 5.74) is 5.15. The van der Waals surface area contributed by atoms with Crippen LogP contribution in [0.25, 0.3) is 21.9 Å². The first kappa shape index (κ1) is 17.7. The molecule has 0 aliphatic carbocycles. The first-order valence-electron chi connectivity index (χ1n) is 10.4. The van der Waals surface area contributed by atoms with Crippen molar-refractivity contribution < 1.29 is 9.13 Å². The maximum Gasteiger partial charge on any atom is 0.129 e. The van der Waals surface area contributed by atoms with Crippen LogP contribution < -0.4 is 9.80 Å². The molecule has 2 aliphatic rings. The zero-order valence-electron chi connectivity index (χ0n) is 16.6. The van der Waals surface area contributed by atoms with Gasteiger partial charge in [0.1, 0.15) is 17.5 Å². The molecule has 1 aromatic carbocycles. The number of hydrogen-bond acceptors (Lipinski definition) is 5. The number of halogens is 1. The van der Waals surface area contributed by atoms with Gasteiger partial charge in [-0.05, 0) is 42.5 Å². The zero-order valence-corrected chi connectivity index (χ0v) is 16.6. The van der Waals surface area contributed by atoms with Gasteiger partial charge >= 0.3 is 0 Å². The van der Waals surface area contributed by atoms with E-state index < -0.39 is 0 Å². The lowest BCUT2D eigenvalue weighted by molar-refractivity contribution is 0.122. The number of rotatable bonds is 2. The lowest BCUT2D eigenvalue weighted by Gasteiger charge is -2.29. The summed E-state index contributed by atoms with van der Waals surface area (Å²) in [6.07, 6.45) is 0.888. The smallest absolute Gasteiger partial charge is 0.129 e. The van der Waals surface area contributed by atoms with E-state index in [1.807, 2.05) is 30.3 Å². The van der Waals surface area contributed by atoms with Crippen LogP contribution in [0.4, 0.5) is 16.0 Å². The van der Waals surface area contributed by atoms with Crippen LogP contribution in [-0.4, -0.2) is 47.8 Å². The normalized spacial score (nSPS) is 17.0. The quantitative estimate of drug-likeness (QED) is 0.554. The van der Waals surface area contributed by atoms with Crippen molar-refractivity contribution in [3.05, 3.63) is 59.5 Å². The molecule has 0 radical (unpaired) electrons. The van der Waals surface area contributed by atoms with E-state index in [9.17, 15) is 4.39 Å². The molecular weight excluding hydrogens is 381 g/mol. The molecule has 152 valence electrons. The highest BCUT2D eigenvalue weighted by Gasteiger charge is 2.22. The van der Waals surface area contributed by atoms with Gasteiger partial charge in [0.15, 0.2) is 0 Å². The number of fused-ring (bicyclic) bond motifs is 4. The summed E-state index contributed by atoms with van der Waals surface area (Å²) in [6.45, 7) is 4.81. The molecule has 0 bridgehead atoms. The molecule has 1 fully saturated rings. The molecule has 30 heavy (non-hydrogen) atoms. The van der Waals surface area contributed by atoms with Gasteiger partial charge in [-0.3, -0.25) is 0 Å². The van der Waals surface area contributed by atoms with Crippen molar-refractivity contribution in [2.75, 3.05) is 42.6 Å². The minimum atomic E-state index is -0.201. The van der Waals surface area contributed by atoms with Crippen LogP contribution in [0.3, 0.4) is 0 Å². The zero-order chi connectivity index (χ0) is 20.1. The third-order valence-electron chi connectivity index (χ3n) is 6.11. The Hall–Kier alpha value is -3.19. The van der Waals surface area contributed by atoms with Crippen LogP contribution >= 0.6 is 0 Å². The van der Waals surface area contributed by atoms with Crippen molar-refractivity contribution in [3.8, 4) is 0 Å². The predicted octanol–water partition coefficient (Wildman–Crippen LogP) is 3.65. The van der Waals surface area contributed by atoms with Crippen molar-refractivity contribution in [1.29, 1.82) is 0 Å². The Balaban J connectivity index is 1.31. The van der Waals surface area contributed by atoms with Crippen molar-refractivity contribution in [3.63, 3.8) is 0 Å². The largest absolute Gasteiger partial charge is 0.378 e. The summed E-state index contributed by atoms with van der Waals surface area (Å²) in [4.78, 5) is 17.6. The molecule has 0 amide bonds. The Bertz CT molecular complexity index is 1250. The maximum atomic E-state index is 13.8. The molecule has 1 N–H and O–H groups in total. The molecule has 0 atom stereocenters. The fraction of sp³-hybridized carbons (Fsp3) is 0.304. The predicted molar refractivity (Wildman–Crippen MR) is 116 cm³/mol. The van der Waals surface area contributed by atoms with E-state index in [4.69, 9.17) is 14.7 Å². The van der Waals surface area contributed by atoms with Gasteiger partial charge in [0, 0.05) is 54.8 Å². The number of nitrogens with one attached hydrogen (secondary N) is 1. The Kier molecular flexibility index (Phi) is 4.09. The molecule has 5 heterocycles. The second kappa shape index (κ2) is 6.95. The van der Waals surface area contributed by atoms with E-state index in [1.165, 1.54) is 17.3 Å². The number of anilines is 2. The monoisotopic (exact) mass is 403 g/mol. The number of hydrogen-bond donors (Lipinski definition) is 1. The van der Waals surface area contributed by atoms with E-state index in [0.717, 1.165) is 79.4 Å². The second-order valence-corrected chi connectivity index (χ2v) is 7.92. The molecule has 1 saturated heterocycles. The number of aromatic amines is 1. The van der Waals surface area contributed by atoms with E-state index in [2.05, 4.69) is 14.8 Å². The van der Waals surface area contributed by atoms with Crippen LogP contribution in [-0.2, 0) is 17.7 Å². The first-order valence-corrected chi connectivity index (χ1v) is 10.4. The van der Waals surface area contributed by atoms with Gasteiger partial charge in [-0.2, -0.15) is 0 Å². The van der Waals surface area contributed by atoms with Crippen LogP contribution in [0.15, 0.2) is 42.5 Å². The number of morpholine rings is 1. The number of H-pyrrole nitrogens is 1. The average molecular weight is 403 g/mol. The van der Waals surface area contributed by atoms with Crippen molar-refractivity contribution in [2.45, 2.75) is 13.0 Å². The fourth-order valence-electron chi connectivity index (χ4n) is 4.51. The first-order chi connectivity index (χ1) is 14.7. The summed E-state index contributed by atoms with van der Waals surface area (Å²) in [5, 5.41) is 0.965. The topological polar surface area (TPSA) is 57.3 Å². The van der Waals surface area contributed by atoms with Crippen molar-refractivity contribution >= 4 is 33.6 Å². The van der Waals surface area contributed by atoms with Crippen LogP contribution in [0.5, 0.6) is 0 Å². The van der Waals surface area contributed by atoms with Crippen LogP contribution in [0.2, 0.25) is 0 Å². The summed E-state index contributed by atoms with van der Waals surface area (Å²) < 4.78 is 19.2. The average Bonchev–Trinajstić information content (AvgIpc) is 3.16. The summed E-state index contributed by atoms with van der Waals surface area (Å²) in [7, 11) is 0. The van der Waals surface area contributed by atoms with Gasteiger partial charge in [0.25, 0.3) is 0 Å². The van der Waals surface area contributed by atoms with Crippen LogP contribution in [0.1, 0.15) is 11.3 Å². The number of pyridine rings is 2. The third kappa shape index (κ3) is 2.97. The SMILES string of the molecule is Fc1ccc2[nH]c3c(c2c1)CN(c1ccc2nc(N4CCOCC4)ccc2n1)CC3. The van der Waals surface area contributed by atoms with Gasteiger partial charge in [-0.25, -0.2) is 14.4 Å². The highest BCUT2D eigenvalue weighted by atomic mass is 19.1. The second-order valence-electron chi connectivity index (χ2n) is 7.92. The molecule has 6 nitrogen and oxygen atoms in total. The van der Waals surface area contributed by atoms with Crippen molar-refractivity contribution in [2.24, 2.45) is 0 Å². The molecule has 0 spiro atoms. The molecule has 7 heteroatoms. The number of benzene rings is 1. The number of nitrogens with zero attached hydrogens (tertiary/aromatic N) is 4.